The molecule has 1 aromatic heterocycles. The zero-order chi connectivity index (χ0) is 14.1. The first kappa shape index (κ1) is 12.2. The molecule has 3 rings (SSSR count). The monoisotopic (exact) mass is 271 g/mol. The summed E-state index contributed by atoms with van der Waals surface area (Å²) in [5.41, 5.74) is 6.91. The summed E-state index contributed by atoms with van der Waals surface area (Å²) in [5, 5.41) is 5.87. The maximum atomic E-state index is 11.6. The van der Waals surface area contributed by atoms with Crippen molar-refractivity contribution in [2.45, 2.75) is 13.0 Å². The third kappa shape index (κ3) is 2.33. The second kappa shape index (κ2) is 4.69. The first-order valence-electron chi connectivity index (χ1n) is 6.09. The van der Waals surface area contributed by atoms with Gasteiger partial charge < -0.3 is 21.1 Å². The van der Waals surface area contributed by atoms with Gasteiger partial charge in [-0.05, 0) is 31.2 Å². The Balaban J connectivity index is 1.86. The molecule has 1 aliphatic rings. The van der Waals surface area contributed by atoms with Crippen LogP contribution < -0.4 is 21.1 Å². The molecule has 0 radical (unpaired) electrons. The molecule has 4 N–H and O–H groups in total. The molecule has 0 aliphatic carbocycles. The number of fused-ring (bicyclic) bond motifs is 1. The average Bonchev–Trinajstić information content (AvgIpc) is 2.40. The molecule has 1 unspecified atom stereocenters. The van der Waals surface area contributed by atoms with Gasteiger partial charge in [0, 0.05) is 11.9 Å². The highest BCUT2D eigenvalue weighted by Crippen LogP contribution is 2.32. The minimum Gasteiger partial charge on any atom is -0.479 e. The molecule has 0 saturated carbocycles. The summed E-state index contributed by atoms with van der Waals surface area (Å²) in [6.45, 7) is 1.70. The molecule has 0 saturated heterocycles. The Bertz CT molecular complexity index is 674. The second-order valence-corrected chi connectivity index (χ2v) is 4.39. The molecule has 1 aliphatic heterocycles. The molecule has 1 atom stereocenters. The van der Waals surface area contributed by atoms with Crippen LogP contribution in [0.25, 0.3) is 0 Å². The maximum absolute atomic E-state index is 11.6. The lowest BCUT2D eigenvalue weighted by molar-refractivity contribution is -0.122. The number of nitrogens with two attached hydrogens (primary N) is 1. The molecular formula is C13H13N5O2. The van der Waals surface area contributed by atoms with Crippen LogP contribution in [0.4, 0.5) is 23.1 Å². The van der Waals surface area contributed by atoms with Crippen molar-refractivity contribution in [3.05, 3.63) is 30.5 Å². The van der Waals surface area contributed by atoms with Gasteiger partial charge in [0.05, 0.1) is 5.69 Å². The van der Waals surface area contributed by atoms with E-state index >= 15 is 0 Å². The van der Waals surface area contributed by atoms with E-state index in [2.05, 4.69) is 20.6 Å². The number of ether oxygens (including phenoxy) is 1. The fourth-order valence-corrected chi connectivity index (χ4v) is 1.88. The second-order valence-electron chi connectivity index (χ2n) is 4.39. The first-order valence-corrected chi connectivity index (χ1v) is 6.09. The Morgan fingerprint density at radius 2 is 2.25 bits per heavy atom. The van der Waals surface area contributed by atoms with Crippen LogP contribution in [0.15, 0.2) is 30.5 Å². The number of nitrogens with zero attached hydrogens (tertiary/aromatic N) is 2. The van der Waals surface area contributed by atoms with Crippen molar-refractivity contribution in [2.24, 2.45) is 0 Å². The summed E-state index contributed by atoms with van der Waals surface area (Å²) in [4.78, 5) is 19.4. The van der Waals surface area contributed by atoms with Crippen LogP contribution in [0.5, 0.6) is 5.75 Å². The van der Waals surface area contributed by atoms with Crippen LogP contribution in [0.1, 0.15) is 6.92 Å². The summed E-state index contributed by atoms with van der Waals surface area (Å²) < 4.78 is 5.48. The number of hydrogen-bond donors (Lipinski definition) is 3. The number of nitrogen functional groups attached to an aromatic ring is 1. The normalized spacial score (nSPS) is 16.9. The van der Waals surface area contributed by atoms with E-state index in [1.54, 1.807) is 31.3 Å². The predicted octanol–water partition coefficient (Wildman–Crippen LogP) is 1.52. The van der Waals surface area contributed by atoms with Crippen LogP contribution in [0.3, 0.4) is 0 Å². The van der Waals surface area contributed by atoms with Crippen LogP contribution in [-0.4, -0.2) is 22.0 Å². The molecule has 1 amide bonds. The predicted molar refractivity (Wildman–Crippen MR) is 74.9 cm³/mol. The lowest BCUT2D eigenvalue weighted by Crippen LogP contribution is -2.34. The lowest BCUT2D eigenvalue weighted by atomic mass is 10.2. The molecule has 7 heteroatoms. The number of anilines is 4. The van der Waals surface area contributed by atoms with Crippen molar-refractivity contribution in [1.82, 2.24) is 9.97 Å². The molecule has 2 aromatic rings. The van der Waals surface area contributed by atoms with E-state index in [0.29, 0.717) is 17.3 Å². The zero-order valence-corrected chi connectivity index (χ0v) is 10.8. The van der Waals surface area contributed by atoms with Gasteiger partial charge in [-0.15, -0.1) is 0 Å². The van der Waals surface area contributed by atoms with Crippen LogP contribution in [0.2, 0.25) is 0 Å². The number of amides is 1. The summed E-state index contributed by atoms with van der Waals surface area (Å²) >= 11 is 0. The van der Waals surface area contributed by atoms with Crippen molar-refractivity contribution in [1.29, 1.82) is 0 Å². The number of hydrogen-bond acceptors (Lipinski definition) is 6. The summed E-state index contributed by atoms with van der Waals surface area (Å²) in [6.07, 6.45) is 1.08. The van der Waals surface area contributed by atoms with E-state index in [1.165, 1.54) is 0 Å². The van der Waals surface area contributed by atoms with Crippen LogP contribution in [-0.2, 0) is 4.79 Å². The van der Waals surface area contributed by atoms with Crippen molar-refractivity contribution in [3.8, 4) is 5.75 Å². The number of nitrogens with one attached hydrogen (secondary N) is 2. The summed E-state index contributed by atoms with van der Waals surface area (Å²) in [7, 11) is 0. The zero-order valence-electron chi connectivity index (χ0n) is 10.8. The summed E-state index contributed by atoms with van der Waals surface area (Å²) in [5.74, 6) is 1.25. The molecule has 7 nitrogen and oxygen atoms in total. The van der Waals surface area contributed by atoms with Crippen LogP contribution >= 0.6 is 0 Å². The third-order valence-electron chi connectivity index (χ3n) is 2.86. The largest absolute Gasteiger partial charge is 0.479 e. The standard InChI is InChI=1S/C13H13N5O2/c1-7-12(19)17-9-6-8(2-3-10(9)20-7)16-11-4-5-15-13(14)18-11/h2-7H,1H3,(H,17,19)(H3,14,15,16,18). The van der Waals surface area contributed by atoms with Gasteiger partial charge in [0.2, 0.25) is 5.95 Å². The van der Waals surface area contributed by atoms with Gasteiger partial charge >= 0.3 is 0 Å². The first-order chi connectivity index (χ1) is 9.61. The van der Waals surface area contributed by atoms with E-state index in [-0.39, 0.29) is 11.9 Å². The number of rotatable bonds is 2. The highest BCUT2D eigenvalue weighted by molar-refractivity contribution is 5.98. The highest BCUT2D eigenvalue weighted by atomic mass is 16.5. The quantitative estimate of drug-likeness (QED) is 0.765. The van der Waals surface area contributed by atoms with Gasteiger partial charge in [-0.2, -0.15) is 4.98 Å². The smallest absolute Gasteiger partial charge is 0.265 e. The van der Waals surface area contributed by atoms with E-state index < -0.39 is 6.10 Å². The highest BCUT2D eigenvalue weighted by Gasteiger charge is 2.23. The topological polar surface area (TPSA) is 102 Å². The molecule has 2 heterocycles. The SMILES string of the molecule is CC1Oc2ccc(Nc3ccnc(N)n3)cc2NC1=O. The van der Waals surface area contributed by atoms with Gasteiger partial charge in [0.15, 0.2) is 6.10 Å². The minimum absolute atomic E-state index is 0.166. The van der Waals surface area contributed by atoms with Crippen LogP contribution in [0, 0.1) is 0 Å². The molecule has 20 heavy (non-hydrogen) atoms. The number of carbonyl (C=O) groups excluding carboxylic acids is 1. The fraction of sp³-hybridized carbons (Fsp3) is 0.154. The summed E-state index contributed by atoms with van der Waals surface area (Å²) in [6, 6.07) is 7.10. The Morgan fingerprint density at radius 3 is 3.05 bits per heavy atom. The maximum Gasteiger partial charge on any atom is 0.265 e. The molecule has 0 fully saturated rings. The van der Waals surface area contributed by atoms with Gasteiger partial charge in [-0.25, -0.2) is 4.98 Å². The van der Waals surface area contributed by atoms with Gasteiger partial charge in [-0.1, -0.05) is 0 Å². The molecule has 1 aromatic carbocycles. The van der Waals surface area contributed by atoms with E-state index in [9.17, 15) is 4.79 Å². The fourth-order valence-electron chi connectivity index (χ4n) is 1.88. The Hall–Kier alpha value is -2.83. The minimum atomic E-state index is -0.483. The van der Waals surface area contributed by atoms with Crippen molar-refractivity contribution in [3.63, 3.8) is 0 Å². The number of benzene rings is 1. The molecule has 0 spiro atoms. The van der Waals surface area contributed by atoms with Gasteiger partial charge in [-0.3, -0.25) is 4.79 Å². The Kier molecular flexibility index (Phi) is 2.86. The van der Waals surface area contributed by atoms with Crippen molar-refractivity contribution < 1.29 is 9.53 Å². The lowest BCUT2D eigenvalue weighted by Gasteiger charge is -2.23. The molecule has 0 bridgehead atoms. The Labute approximate surface area is 115 Å². The third-order valence-corrected chi connectivity index (χ3v) is 2.86. The van der Waals surface area contributed by atoms with Gasteiger partial charge in [0.25, 0.3) is 5.91 Å². The average molecular weight is 271 g/mol. The Morgan fingerprint density at radius 1 is 1.40 bits per heavy atom. The molecular weight excluding hydrogens is 258 g/mol. The number of carbonyl (C=O) groups is 1. The number of aromatic nitrogens is 2. The van der Waals surface area contributed by atoms with E-state index in [1.807, 2.05) is 6.07 Å². The van der Waals surface area contributed by atoms with Crippen molar-refractivity contribution >= 4 is 29.0 Å². The van der Waals surface area contributed by atoms with E-state index in [4.69, 9.17) is 10.5 Å². The molecule has 102 valence electrons. The van der Waals surface area contributed by atoms with Gasteiger partial charge in [0.1, 0.15) is 11.6 Å². The van der Waals surface area contributed by atoms with E-state index in [0.717, 1.165) is 5.69 Å². The van der Waals surface area contributed by atoms with Crippen molar-refractivity contribution in [2.75, 3.05) is 16.4 Å².